The number of imidazole rings is 1. The second kappa shape index (κ2) is 10.7. The Hall–Kier alpha value is -2.44. The number of H-pyrrole nitrogens is 1. The van der Waals surface area contributed by atoms with E-state index in [9.17, 15) is 27.9 Å². The van der Waals surface area contributed by atoms with Crippen molar-refractivity contribution < 1.29 is 49.9 Å². The number of nitrogens with one attached hydrogen (secondary N) is 1. The summed E-state index contributed by atoms with van der Waals surface area (Å²) in [6, 6.07) is 5.21. The number of pyridine rings is 1. The molecule has 1 aromatic carbocycles. The van der Waals surface area contributed by atoms with Crippen molar-refractivity contribution in [1.82, 2.24) is 9.97 Å². The van der Waals surface area contributed by atoms with Gasteiger partial charge in [0.05, 0.1) is 29.6 Å². The summed E-state index contributed by atoms with van der Waals surface area (Å²) in [5.41, 5.74) is 2.35. The van der Waals surface area contributed by atoms with Crippen LogP contribution in [0.1, 0.15) is 28.8 Å². The number of hydrogen-bond donors (Lipinski definition) is 3. The number of carboxylic acids is 2. The van der Waals surface area contributed by atoms with Gasteiger partial charge in [0.2, 0.25) is 0 Å². The molecule has 0 bridgehead atoms. The fourth-order valence-electron chi connectivity index (χ4n) is 3.08. The molecule has 0 radical (unpaired) electrons. The van der Waals surface area contributed by atoms with E-state index in [1.54, 1.807) is 10.8 Å². The van der Waals surface area contributed by atoms with Crippen molar-refractivity contribution in [1.29, 1.82) is 0 Å². The topological polar surface area (TPSA) is 107 Å². The first-order valence-electron chi connectivity index (χ1n) is 9.27. The number of nitrogens with zero attached hydrogens (tertiary/aromatic N) is 2. The van der Waals surface area contributed by atoms with E-state index >= 15 is 0 Å². The summed E-state index contributed by atoms with van der Waals surface area (Å²) in [6.07, 6.45) is -3.21. The van der Waals surface area contributed by atoms with E-state index in [0.717, 1.165) is 39.7 Å². The van der Waals surface area contributed by atoms with E-state index < -0.39 is 35.3 Å². The summed E-state index contributed by atoms with van der Waals surface area (Å²) in [6.45, 7) is 3.73. The minimum Gasteiger partial charge on any atom is -1.00 e. The molecule has 0 saturated heterocycles. The van der Waals surface area contributed by atoms with Gasteiger partial charge in [0.1, 0.15) is 10.8 Å². The maximum absolute atomic E-state index is 13.0. The van der Waals surface area contributed by atoms with Crippen LogP contribution in [0.5, 0.6) is 0 Å². The Labute approximate surface area is 200 Å². The van der Waals surface area contributed by atoms with Crippen molar-refractivity contribution in [3.8, 4) is 5.95 Å². The SMILES string of the molecule is Cc1cc(C)c(CSSC(CC(=O)O)C(=O)O)[n+](-c2nc3cc(C(F)(F)F)ccc3[nH]2)c1.[Cl-]. The minimum atomic E-state index is -4.48. The second-order valence-electron chi connectivity index (χ2n) is 7.09. The Balaban J connectivity index is 0.00000385. The van der Waals surface area contributed by atoms with Crippen LogP contribution in [0.4, 0.5) is 13.2 Å². The van der Waals surface area contributed by atoms with Crippen LogP contribution in [0.25, 0.3) is 17.0 Å². The summed E-state index contributed by atoms with van der Waals surface area (Å²) in [4.78, 5) is 29.5. The molecule has 13 heteroatoms. The average molecular weight is 522 g/mol. The number of benzene rings is 1. The summed E-state index contributed by atoms with van der Waals surface area (Å²) in [5, 5.41) is 17.0. The molecular weight excluding hydrogens is 503 g/mol. The normalized spacial score (nSPS) is 12.4. The highest BCUT2D eigenvalue weighted by atomic mass is 35.5. The van der Waals surface area contributed by atoms with Gasteiger partial charge in [0, 0.05) is 0 Å². The number of halogens is 4. The molecule has 0 aliphatic heterocycles. The van der Waals surface area contributed by atoms with Gasteiger partial charge in [-0.25, -0.2) is 9.55 Å². The highest BCUT2D eigenvalue weighted by molar-refractivity contribution is 8.76. The third kappa shape index (κ3) is 6.55. The summed E-state index contributed by atoms with van der Waals surface area (Å²) < 4.78 is 40.8. The van der Waals surface area contributed by atoms with Crippen molar-refractivity contribution in [2.45, 2.75) is 37.4 Å². The first kappa shape index (κ1) is 26.8. The fourth-order valence-corrected chi connectivity index (χ4v) is 5.57. The monoisotopic (exact) mass is 521 g/mol. The van der Waals surface area contributed by atoms with E-state index in [4.69, 9.17) is 5.11 Å². The number of alkyl halides is 3. The average Bonchev–Trinajstić information content (AvgIpc) is 3.10. The first-order chi connectivity index (χ1) is 15.0. The number of aryl methyl sites for hydroxylation is 2. The number of carboxylic acid groups (broad SMARTS) is 2. The van der Waals surface area contributed by atoms with Gasteiger partial charge >= 0.3 is 24.1 Å². The Morgan fingerprint density at radius 1 is 1.21 bits per heavy atom. The number of aromatic nitrogens is 3. The van der Waals surface area contributed by atoms with Gasteiger partial charge in [0.25, 0.3) is 0 Å². The number of rotatable bonds is 8. The number of hydrogen-bond acceptors (Lipinski definition) is 5. The lowest BCUT2D eigenvalue weighted by atomic mass is 10.2. The molecule has 0 spiro atoms. The van der Waals surface area contributed by atoms with Crippen molar-refractivity contribution in [3.63, 3.8) is 0 Å². The quantitative estimate of drug-likeness (QED) is 0.303. The van der Waals surface area contributed by atoms with Crippen LogP contribution >= 0.6 is 21.6 Å². The van der Waals surface area contributed by atoms with Gasteiger partial charge in [0.15, 0.2) is 5.52 Å². The molecule has 0 aliphatic carbocycles. The molecule has 0 amide bonds. The Morgan fingerprint density at radius 2 is 1.91 bits per heavy atom. The summed E-state index contributed by atoms with van der Waals surface area (Å²) >= 11 is 0. The van der Waals surface area contributed by atoms with Crippen molar-refractivity contribution in [2.75, 3.05) is 0 Å². The maximum Gasteiger partial charge on any atom is 0.416 e. The number of carbonyl (C=O) groups is 2. The van der Waals surface area contributed by atoms with Gasteiger partial charge in [-0.2, -0.15) is 13.2 Å². The molecule has 178 valence electrons. The summed E-state index contributed by atoms with van der Waals surface area (Å²) in [7, 11) is 2.13. The lowest BCUT2D eigenvalue weighted by molar-refractivity contribution is -0.611. The van der Waals surface area contributed by atoms with Crippen molar-refractivity contribution >= 4 is 44.6 Å². The fraction of sp³-hybridized carbons (Fsp3) is 0.300. The molecule has 2 aromatic heterocycles. The molecule has 1 unspecified atom stereocenters. The Bertz CT molecular complexity index is 1190. The van der Waals surface area contributed by atoms with Crippen LogP contribution in [0, 0.1) is 13.8 Å². The molecule has 1 atom stereocenters. The van der Waals surface area contributed by atoms with Gasteiger partial charge in [-0.3, -0.25) is 9.59 Å². The third-order valence-electron chi connectivity index (χ3n) is 4.56. The zero-order valence-electron chi connectivity index (χ0n) is 17.3. The highest BCUT2D eigenvalue weighted by Crippen LogP contribution is 2.33. The first-order valence-corrected chi connectivity index (χ1v) is 11.7. The molecule has 33 heavy (non-hydrogen) atoms. The molecule has 2 heterocycles. The van der Waals surface area contributed by atoms with Crippen molar-refractivity contribution in [2.24, 2.45) is 0 Å². The number of fused-ring (bicyclic) bond motifs is 1. The van der Waals surface area contributed by atoms with E-state index in [-0.39, 0.29) is 17.9 Å². The van der Waals surface area contributed by atoms with Crippen LogP contribution in [-0.4, -0.2) is 37.4 Å². The minimum absolute atomic E-state index is 0. The van der Waals surface area contributed by atoms with E-state index in [0.29, 0.717) is 17.2 Å². The van der Waals surface area contributed by atoms with Crippen LogP contribution in [0.2, 0.25) is 0 Å². The highest BCUT2D eigenvalue weighted by Gasteiger charge is 2.32. The molecule has 7 nitrogen and oxygen atoms in total. The molecule has 0 saturated carbocycles. The zero-order chi connectivity index (χ0) is 23.6. The van der Waals surface area contributed by atoms with Gasteiger partial charge in [-0.15, -0.1) is 0 Å². The van der Waals surface area contributed by atoms with Gasteiger partial charge < -0.3 is 22.6 Å². The van der Waals surface area contributed by atoms with Crippen LogP contribution < -0.4 is 17.0 Å². The van der Waals surface area contributed by atoms with E-state index in [2.05, 4.69) is 9.97 Å². The molecule has 3 rings (SSSR count). The van der Waals surface area contributed by atoms with Crippen LogP contribution in [-0.2, 0) is 21.5 Å². The van der Waals surface area contributed by atoms with E-state index in [1.807, 2.05) is 19.9 Å². The van der Waals surface area contributed by atoms with Gasteiger partial charge in [-0.05, 0) is 43.2 Å². The zero-order valence-corrected chi connectivity index (χ0v) is 19.7. The molecular formula is C20H19ClF3N3O4S2. The molecule has 3 aromatic rings. The summed E-state index contributed by atoms with van der Waals surface area (Å²) in [5.74, 6) is -1.76. The maximum atomic E-state index is 13.0. The molecule has 3 N–H and O–H groups in total. The number of aromatic amines is 1. The van der Waals surface area contributed by atoms with Gasteiger partial charge in [-0.1, -0.05) is 32.6 Å². The smallest absolute Gasteiger partial charge is 0.416 e. The molecule has 0 aliphatic rings. The second-order valence-corrected chi connectivity index (χ2v) is 9.66. The molecule has 0 fully saturated rings. The Morgan fingerprint density at radius 3 is 2.52 bits per heavy atom. The predicted molar refractivity (Wildman–Crippen MR) is 115 cm³/mol. The third-order valence-corrected chi connectivity index (χ3v) is 7.15. The number of aliphatic carboxylic acids is 2. The van der Waals surface area contributed by atoms with Crippen LogP contribution in [0.3, 0.4) is 0 Å². The van der Waals surface area contributed by atoms with E-state index in [1.165, 1.54) is 16.9 Å². The van der Waals surface area contributed by atoms with Crippen molar-refractivity contribution in [3.05, 3.63) is 52.8 Å². The largest absolute Gasteiger partial charge is 1.00 e. The lowest BCUT2D eigenvalue weighted by Crippen LogP contribution is -3.00. The Kier molecular flexibility index (Phi) is 8.66. The predicted octanol–water partition coefficient (Wildman–Crippen LogP) is 1.29. The standard InChI is InChI=1S/C20H18F3N3O4S2.ClH/c1-10-5-11(2)15(9-31-32-16(18(29)30)7-17(27)28)26(8-10)19-24-13-4-3-12(20(21,22)23)6-14(13)25-19;/h3-6,8,16H,7,9H2,1-2H3,(H2-,24,25,27,28,29,30);1H. The van der Waals surface area contributed by atoms with Crippen LogP contribution in [0.15, 0.2) is 30.5 Å². The lowest BCUT2D eigenvalue weighted by Gasteiger charge is -2.12.